The Bertz CT molecular complexity index is 418. The summed E-state index contributed by atoms with van der Waals surface area (Å²) in [5, 5.41) is 9.72. The highest BCUT2D eigenvalue weighted by molar-refractivity contribution is 5.02. The van der Waals surface area contributed by atoms with Gasteiger partial charge in [-0.3, -0.25) is 0 Å². The molecular formula is C27H49N. The van der Waals surface area contributed by atoms with Crippen LogP contribution in [0.3, 0.4) is 0 Å². The van der Waals surface area contributed by atoms with Crippen LogP contribution in [-0.2, 0) is 0 Å². The number of rotatable bonds is 13. The highest BCUT2D eigenvalue weighted by atomic mass is 14.4. The van der Waals surface area contributed by atoms with Crippen LogP contribution in [0.25, 0.3) is 0 Å². The molecule has 0 amide bonds. The van der Waals surface area contributed by atoms with E-state index in [1.807, 2.05) is 0 Å². The first-order valence-electron chi connectivity index (χ1n) is 13.1. The number of nitriles is 1. The lowest BCUT2D eigenvalue weighted by atomic mass is 9.63. The zero-order valence-corrected chi connectivity index (χ0v) is 19.3. The number of nitrogens with zero attached hydrogens (tertiary/aromatic N) is 1. The zero-order chi connectivity index (χ0) is 20.1. The molecule has 0 saturated heterocycles. The molecule has 2 fully saturated rings. The molecule has 0 aromatic carbocycles. The smallest absolute Gasteiger partial charge is 0.0689 e. The first kappa shape index (κ1) is 23.8. The molecule has 0 radical (unpaired) electrons. The molecule has 0 bridgehead atoms. The van der Waals surface area contributed by atoms with E-state index < -0.39 is 0 Å². The summed E-state index contributed by atoms with van der Waals surface area (Å²) in [7, 11) is 0. The third-order valence-electron chi connectivity index (χ3n) is 8.26. The van der Waals surface area contributed by atoms with Crippen molar-refractivity contribution in [2.24, 2.45) is 23.2 Å². The lowest BCUT2D eigenvalue weighted by molar-refractivity contribution is 0.115. The van der Waals surface area contributed by atoms with Crippen molar-refractivity contribution in [3.8, 4) is 6.07 Å². The molecule has 28 heavy (non-hydrogen) atoms. The van der Waals surface area contributed by atoms with Crippen LogP contribution in [-0.4, -0.2) is 0 Å². The molecule has 0 heterocycles. The average Bonchev–Trinajstić information content (AvgIpc) is 2.75. The minimum Gasteiger partial charge on any atom is -0.198 e. The Hall–Kier alpha value is -0.510. The van der Waals surface area contributed by atoms with Crippen molar-refractivity contribution in [3.05, 3.63) is 0 Å². The first-order valence-corrected chi connectivity index (χ1v) is 13.1. The van der Waals surface area contributed by atoms with Gasteiger partial charge in [-0.15, -0.1) is 0 Å². The van der Waals surface area contributed by atoms with Gasteiger partial charge in [0.05, 0.1) is 11.5 Å². The van der Waals surface area contributed by atoms with Gasteiger partial charge in [-0.2, -0.15) is 5.26 Å². The first-order chi connectivity index (χ1) is 13.7. The van der Waals surface area contributed by atoms with Crippen LogP contribution in [0.2, 0.25) is 0 Å². The second-order valence-corrected chi connectivity index (χ2v) is 10.4. The highest BCUT2D eigenvalue weighted by Crippen LogP contribution is 2.47. The van der Waals surface area contributed by atoms with Gasteiger partial charge in [0.2, 0.25) is 0 Å². The van der Waals surface area contributed by atoms with Gasteiger partial charge in [-0.1, -0.05) is 97.3 Å². The molecule has 0 aromatic heterocycles. The monoisotopic (exact) mass is 387 g/mol. The summed E-state index contributed by atoms with van der Waals surface area (Å²) in [6.45, 7) is 4.55. The summed E-state index contributed by atoms with van der Waals surface area (Å²) in [6, 6.07) is 2.73. The van der Waals surface area contributed by atoms with Crippen LogP contribution in [0.5, 0.6) is 0 Å². The Morgan fingerprint density at radius 3 is 1.79 bits per heavy atom. The highest BCUT2D eigenvalue weighted by Gasteiger charge is 2.38. The van der Waals surface area contributed by atoms with E-state index in [4.69, 9.17) is 0 Å². The molecule has 2 saturated carbocycles. The van der Waals surface area contributed by atoms with Gasteiger partial charge >= 0.3 is 0 Å². The third kappa shape index (κ3) is 8.08. The molecule has 2 aliphatic rings. The molecule has 162 valence electrons. The van der Waals surface area contributed by atoms with E-state index in [9.17, 15) is 5.26 Å². The SMILES string of the molecule is CCCCCCCCCCC1CCC(C2CCC(C#N)(CCCC)CC2)CC1. The van der Waals surface area contributed by atoms with Crippen molar-refractivity contribution in [2.45, 2.75) is 142 Å². The molecule has 0 aliphatic heterocycles. The van der Waals surface area contributed by atoms with Crippen molar-refractivity contribution < 1.29 is 0 Å². The molecule has 2 aliphatic carbocycles. The molecule has 0 aromatic rings. The quantitative estimate of drug-likeness (QED) is 0.289. The zero-order valence-electron chi connectivity index (χ0n) is 19.3. The van der Waals surface area contributed by atoms with E-state index in [2.05, 4.69) is 19.9 Å². The maximum atomic E-state index is 9.72. The van der Waals surface area contributed by atoms with Crippen LogP contribution in [0.4, 0.5) is 0 Å². The second kappa shape index (κ2) is 13.7. The van der Waals surface area contributed by atoms with E-state index in [0.29, 0.717) is 0 Å². The minimum absolute atomic E-state index is 0.0419. The number of hydrogen-bond acceptors (Lipinski definition) is 1. The summed E-state index contributed by atoms with van der Waals surface area (Å²) in [4.78, 5) is 0. The third-order valence-corrected chi connectivity index (χ3v) is 8.26. The maximum absolute atomic E-state index is 9.72. The van der Waals surface area contributed by atoms with Gasteiger partial charge in [-0.25, -0.2) is 0 Å². The Morgan fingerprint density at radius 2 is 1.21 bits per heavy atom. The fourth-order valence-electron chi connectivity index (χ4n) is 6.11. The van der Waals surface area contributed by atoms with E-state index in [1.165, 1.54) is 122 Å². The van der Waals surface area contributed by atoms with Gasteiger partial charge in [0.25, 0.3) is 0 Å². The van der Waals surface area contributed by atoms with Crippen molar-refractivity contribution in [1.82, 2.24) is 0 Å². The van der Waals surface area contributed by atoms with E-state index >= 15 is 0 Å². The Kier molecular flexibility index (Phi) is 11.6. The van der Waals surface area contributed by atoms with Gasteiger partial charge in [-0.05, 0) is 62.7 Å². The van der Waals surface area contributed by atoms with Crippen molar-refractivity contribution in [3.63, 3.8) is 0 Å². The maximum Gasteiger partial charge on any atom is 0.0689 e. The second-order valence-electron chi connectivity index (χ2n) is 10.4. The molecule has 0 unspecified atom stereocenters. The van der Waals surface area contributed by atoms with E-state index in [-0.39, 0.29) is 5.41 Å². The topological polar surface area (TPSA) is 23.8 Å². The lowest BCUT2D eigenvalue weighted by Gasteiger charge is -2.41. The van der Waals surface area contributed by atoms with E-state index in [0.717, 1.165) is 24.2 Å². The minimum atomic E-state index is 0.0419. The fourth-order valence-corrected chi connectivity index (χ4v) is 6.11. The van der Waals surface area contributed by atoms with Gasteiger partial charge < -0.3 is 0 Å². The summed E-state index contributed by atoms with van der Waals surface area (Å²) in [5.74, 6) is 2.95. The predicted molar refractivity (Wildman–Crippen MR) is 122 cm³/mol. The predicted octanol–water partition coefficient (Wildman–Crippen LogP) is 9.21. The van der Waals surface area contributed by atoms with Gasteiger partial charge in [0, 0.05) is 0 Å². The largest absolute Gasteiger partial charge is 0.198 e. The van der Waals surface area contributed by atoms with Gasteiger partial charge in [0.1, 0.15) is 0 Å². The van der Waals surface area contributed by atoms with Crippen LogP contribution < -0.4 is 0 Å². The molecule has 0 atom stereocenters. The van der Waals surface area contributed by atoms with Crippen LogP contribution >= 0.6 is 0 Å². The molecule has 0 spiro atoms. The van der Waals surface area contributed by atoms with Crippen LogP contribution in [0.1, 0.15) is 142 Å². The molecule has 1 heteroatoms. The summed E-state index contributed by atoms with van der Waals surface area (Å²) < 4.78 is 0. The molecule has 2 rings (SSSR count). The van der Waals surface area contributed by atoms with Crippen molar-refractivity contribution in [1.29, 1.82) is 5.26 Å². The number of hydrogen-bond donors (Lipinski definition) is 0. The fraction of sp³-hybridized carbons (Fsp3) is 0.963. The normalized spacial score (nSPS) is 30.8. The van der Waals surface area contributed by atoms with Crippen LogP contribution in [0, 0.1) is 34.5 Å². The molecular weight excluding hydrogens is 338 g/mol. The summed E-state index contributed by atoms with van der Waals surface area (Å²) in [6.07, 6.45) is 27.7. The lowest BCUT2D eigenvalue weighted by Crippen LogP contribution is -2.31. The van der Waals surface area contributed by atoms with Crippen molar-refractivity contribution in [2.75, 3.05) is 0 Å². The molecule has 0 N–H and O–H groups in total. The van der Waals surface area contributed by atoms with Crippen molar-refractivity contribution >= 4 is 0 Å². The van der Waals surface area contributed by atoms with Crippen LogP contribution in [0.15, 0.2) is 0 Å². The summed E-state index contributed by atoms with van der Waals surface area (Å²) >= 11 is 0. The Labute approximate surface area is 177 Å². The van der Waals surface area contributed by atoms with E-state index in [1.54, 1.807) is 0 Å². The Morgan fingerprint density at radius 1 is 0.679 bits per heavy atom. The average molecular weight is 388 g/mol. The van der Waals surface area contributed by atoms with Gasteiger partial charge in [0.15, 0.2) is 0 Å². The number of unbranched alkanes of at least 4 members (excludes halogenated alkanes) is 8. The Balaban J connectivity index is 1.55. The summed E-state index contributed by atoms with van der Waals surface area (Å²) in [5.41, 5.74) is 0.0419. The molecule has 1 nitrogen and oxygen atoms in total. The standard InChI is InChI=1S/C27H49N/c1-3-5-7-8-9-10-11-12-13-24-14-16-25(17-15-24)26-18-21-27(23-28,22-19-26)20-6-4-2/h24-26H,3-22H2,1-2H3.